The minimum absolute atomic E-state index is 0.153. The summed E-state index contributed by atoms with van der Waals surface area (Å²) in [5.74, 6) is -1.96. The van der Waals surface area contributed by atoms with E-state index in [0.717, 1.165) is 12.0 Å². The first-order valence-corrected chi connectivity index (χ1v) is 9.28. The lowest BCUT2D eigenvalue weighted by molar-refractivity contribution is -0.166. The summed E-state index contributed by atoms with van der Waals surface area (Å²) in [6.07, 6.45) is 1.26. The molecule has 0 bridgehead atoms. The van der Waals surface area contributed by atoms with Crippen LogP contribution in [0.5, 0.6) is 0 Å². The Kier molecular flexibility index (Phi) is 4.25. The molecule has 1 aliphatic heterocycles. The van der Waals surface area contributed by atoms with Crippen LogP contribution >= 0.6 is 0 Å². The third kappa shape index (κ3) is 2.06. The molecule has 0 amide bonds. The molecule has 1 saturated heterocycles. The minimum Gasteiger partial charge on any atom is -0.465 e. The largest absolute Gasteiger partial charge is 0.465 e. The van der Waals surface area contributed by atoms with Gasteiger partial charge in [0.05, 0.1) is 12.0 Å². The van der Waals surface area contributed by atoms with E-state index in [1.165, 1.54) is 0 Å². The fraction of sp³-hybridized carbons (Fsp3) is 0.571. The molecule has 0 unspecified atom stereocenters. The number of fused-ring (bicyclic) bond motifs is 1. The molecule has 3 rings (SSSR count). The molecule has 2 aliphatic rings. The zero-order valence-corrected chi connectivity index (χ0v) is 16.0. The lowest BCUT2D eigenvalue weighted by Gasteiger charge is -2.28. The Morgan fingerprint density at radius 2 is 1.73 bits per heavy atom. The zero-order valence-electron chi connectivity index (χ0n) is 16.0. The number of cyclic esters (lactones) is 1. The number of carbonyl (C=O) groups is 3. The molecule has 1 aromatic rings. The Hall–Kier alpha value is -2.17. The van der Waals surface area contributed by atoms with Crippen LogP contribution in [0.4, 0.5) is 0 Å². The Bertz CT molecular complexity index is 763. The van der Waals surface area contributed by atoms with Gasteiger partial charge in [-0.05, 0) is 39.2 Å². The highest BCUT2D eigenvalue weighted by molar-refractivity contribution is 6.19. The van der Waals surface area contributed by atoms with E-state index in [1.807, 2.05) is 26.0 Å². The molecule has 0 radical (unpaired) electrons. The van der Waals surface area contributed by atoms with E-state index in [0.29, 0.717) is 12.0 Å². The molecule has 1 saturated carbocycles. The Morgan fingerprint density at radius 1 is 1.12 bits per heavy atom. The van der Waals surface area contributed by atoms with Crippen LogP contribution < -0.4 is 0 Å². The van der Waals surface area contributed by atoms with Gasteiger partial charge in [0.25, 0.3) is 0 Å². The molecule has 0 aromatic heterocycles. The average molecular weight is 358 g/mol. The average Bonchev–Trinajstić information content (AvgIpc) is 3.21. The Balaban J connectivity index is 2.11. The second-order valence-electron chi connectivity index (χ2n) is 7.66. The highest BCUT2D eigenvalue weighted by atomic mass is 16.6. The van der Waals surface area contributed by atoms with E-state index in [4.69, 9.17) is 9.47 Å². The van der Waals surface area contributed by atoms with Crippen LogP contribution in [0, 0.1) is 16.7 Å². The van der Waals surface area contributed by atoms with Crippen molar-refractivity contribution in [3.05, 3.63) is 35.4 Å². The molecule has 5 heteroatoms. The van der Waals surface area contributed by atoms with E-state index >= 15 is 0 Å². The van der Waals surface area contributed by atoms with Crippen molar-refractivity contribution in [2.24, 2.45) is 16.7 Å². The molecule has 1 aromatic carbocycles. The van der Waals surface area contributed by atoms with Gasteiger partial charge < -0.3 is 9.47 Å². The molecule has 0 spiro atoms. The van der Waals surface area contributed by atoms with Crippen LogP contribution in [0.25, 0.3) is 0 Å². The van der Waals surface area contributed by atoms with Crippen LogP contribution in [0.1, 0.15) is 57.0 Å². The fourth-order valence-corrected chi connectivity index (χ4v) is 5.06. The van der Waals surface area contributed by atoms with Gasteiger partial charge in [-0.2, -0.15) is 0 Å². The first kappa shape index (κ1) is 18.6. The smallest absolute Gasteiger partial charge is 0.325 e. The highest BCUT2D eigenvalue weighted by Gasteiger charge is 2.95. The van der Waals surface area contributed by atoms with Gasteiger partial charge in [0.2, 0.25) is 0 Å². The van der Waals surface area contributed by atoms with Gasteiger partial charge in [-0.1, -0.05) is 38.1 Å². The predicted molar refractivity (Wildman–Crippen MR) is 95.6 cm³/mol. The maximum atomic E-state index is 13.5. The number of Topliss-reactive ketones (excluding diaryl/α,β-unsaturated/α-hetero) is 1. The quantitative estimate of drug-likeness (QED) is 0.443. The van der Waals surface area contributed by atoms with E-state index in [2.05, 4.69) is 0 Å². The summed E-state index contributed by atoms with van der Waals surface area (Å²) in [4.78, 5) is 39.2. The van der Waals surface area contributed by atoms with Gasteiger partial charge in [-0.3, -0.25) is 14.4 Å². The highest BCUT2D eigenvalue weighted by Crippen LogP contribution is 2.80. The molecular weight excluding hydrogens is 332 g/mol. The molecule has 2 fully saturated rings. The molecule has 5 nitrogen and oxygen atoms in total. The summed E-state index contributed by atoms with van der Waals surface area (Å²) in [6, 6.07) is 7.39. The summed E-state index contributed by atoms with van der Waals surface area (Å²) in [6.45, 7) is 9.27. The topological polar surface area (TPSA) is 69.7 Å². The summed E-state index contributed by atoms with van der Waals surface area (Å²) in [5, 5.41) is 0. The Morgan fingerprint density at radius 3 is 2.23 bits per heavy atom. The number of aryl methyl sites for hydroxylation is 1. The summed E-state index contributed by atoms with van der Waals surface area (Å²) in [5.41, 5.74) is -1.87. The van der Waals surface area contributed by atoms with E-state index < -0.39 is 34.3 Å². The van der Waals surface area contributed by atoms with E-state index in [1.54, 1.807) is 32.9 Å². The predicted octanol–water partition coefficient (Wildman–Crippen LogP) is 3.34. The number of ketones is 1. The first-order valence-electron chi connectivity index (χ1n) is 9.28. The molecule has 1 aliphatic carbocycles. The van der Waals surface area contributed by atoms with Crippen LogP contribution in [0.3, 0.4) is 0 Å². The number of rotatable bonds is 6. The van der Waals surface area contributed by atoms with Gasteiger partial charge in [-0.25, -0.2) is 0 Å². The van der Waals surface area contributed by atoms with Gasteiger partial charge in [0, 0.05) is 11.5 Å². The number of esters is 2. The monoisotopic (exact) mass is 358 g/mol. The van der Waals surface area contributed by atoms with Crippen molar-refractivity contribution in [2.45, 2.75) is 53.1 Å². The van der Waals surface area contributed by atoms with Crippen molar-refractivity contribution < 1.29 is 23.9 Å². The maximum absolute atomic E-state index is 13.5. The first-order chi connectivity index (χ1) is 12.2. The summed E-state index contributed by atoms with van der Waals surface area (Å²) >= 11 is 0. The van der Waals surface area contributed by atoms with Gasteiger partial charge in [0.1, 0.15) is 5.60 Å². The Labute approximate surface area is 154 Å². The summed E-state index contributed by atoms with van der Waals surface area (Å²) < 4.78 is 10.7. The third-order valence-electron chi connectivity index (χ3n) is 6.10. The molecule has 3 atom stereocenters. The third-order valence-corrected chi connectivity index (χ3v) is 6.10. The molecular formula is C21H26O5. The minimum atomic E-state index is -1.53. The van der Waals surface area contributed by atoms with Gasteiger partial charge >= 0.3 is 11.9 Å². The lowest BCUT2D eigenvalue weighted by atomic mass is 9.81. The van der Waals surface area contributed by atoms with Crippen LogP contribution in [-0.2, 0) is 25.5 Å². The second kappa shape index (κ2) is 5.93. The van der Waals surface area contributed by atoms with Crippen LogP contribution in [0.15, 0.2) is 24.3 Å². The number of hydrogen-bond acceptors (Lipinski definition) is 5. The molecule has 26 heavy (non-hydrogen) atoms. The van der Waals surface area contributed by atoms with Crippen LogP contribution in [0.2, 0.25) is 0 Å². The van der Waals surface area contributed by atoms with E-state index in [-0.39, 0.29) is 12.4 Å². The maximum Gasteiger partial charge on any atom is 0.325 e. The fourth-order valence-electron chi connectivity index (χ4n) is 5.06. The van der Waals surface area contributed by atoms with Crippen molar-refractivity contribution in [1.82, 2.24) is 0 Å². The standard InChI is InChI=1S/C21H26O5/c1-6-13-9-11-14(12-10-13)15(22)20(7-2)16-19(4,5)26-18(24)21(16,20)17(23)25-8-3/h9-12,16H,6-8H2,1-5H3/t16-,20+,21+/m0/s1. The lowest BCUT2D eigenvalue weighted by Crippen LogP contribution is -2.40. The number of ether oxygens (including phenoxy) is 2. The van der Waals surface area contributed by atoms with Crippen molar-refractivity contribution in [3.8, 4) is 0 Å². The molecule has 140 valence electrons. The number of hydrogen-bond donors (Lipinski definition) is 0. The SMILES string of the molecule is CCOC(=O)[C@@]12C(=O)OC(C)(C)[C@H]1[C@@]2(CC)C(=O)c1ccc(CC)cc1. The molecule has 1 heterocycles. The number of carbonyl (C=O) groups excluding carboxylic acids is 3. The normalized spacial score (nSPS) is 31.1. The molecule has 0 N–H and O–H groups in total. The number of benzene rings is 1. The zero-order chi connectivity index (χ0) is 19.3. The van der Waals surface area contributed by atoms with Gasteiger partial charge in [0.15, 0.2) is 11.2 Å². The van der Waals surface area contributed by atoms with Crippen molar-refractivity contribution in [3.63, 3.8) is 0 Å². The second-order valence-corrected chi connectivity index (χ2v) is 7.66. The van der Waals surface area contributed by atoms with Crippen molar-refractivity contribution in [2.75, 3.05) is 6.61 Å². The van der Waals surface area contributed by atoms with Crippen molar-refractivity contribution in [1.29, 1.82) is 0 Å². The summed E-state index contributed by atoms with van der Waals surface area (Å²) in [7, 11) is 0. The van der Waals surface area contributed by atoms with E-state index in [9.17, 15) is 14.4 Å². The van der Waals surface area contributed by atoms with Gasteiger partial charge in [-0.15, -0.1) is 0 Å². The van der Waals surface area contributed by atoms with Crippen LogP contribution in [-0.4, -0.2) is 29.9 Å². The van der Waals surface area contributed by atoms with Crippen molar-refractivity contribution >= 4 is 17.7 Å².